The summed E-state index contributed by atoms with van der Waals surface area (Å²) < 4.78 is 6.11. The van der Waals surface area contributed by atoms with Crippen LogP contribution in [-0.4, -0.2) is 107 Å². The van der Waals surface area contributed by atoms with Gasteiger partial charge in [0.15, 0.2) is 0 Å². The molecule has 6 amide bonds. The Morgan fingerprint density at radius 1 is 0.587 bits per heavy atom. The van der Waals surface area contributed by atoms with E-state index in [1.807, 2.05) is 36.4 Å². The van der Waals surface area contributed by atoms with E-state index >= 15 is 0 Å². The SMILES string of the molecule is C[C@H]1OC(C)(C)N(C(=O)CNC(=O)[C@H](Cc2ccccc2)NC(=O)[C@@H](N)Cc2ccccc2)[C@@H]1C(=O)N[C@@H](Cc1ccccc1)C(=O)N[C@@H](Cc1ccccc1)C(=O)NCC(=O)O. The van der Waals surface area contributed by atoms with Crippen molar-refractivity contribution in [3.63, 3.8) is 0 Å². The van der Waals surface area contributed by atoms with E-state index in [-0.39, 0.29) is 25.7 Å². The van der Waals surface area contributed by atoms with Crippen LogP contribution >= 0.6 is 0 Å². The lowest BCUT2D eigenvalue weighted by Gasteiger charge is -2.34. The largest absolute Gasteiger partial charge is 0.480 e. The summed E-state index contributed by atoms with van der Waals surface area (Å²) in [5.41, 5.74) is 7.88. The van der Waals surface area contributed by atoms with Gasteiger partial charge >= 0.3 is 5.97 Å². The molecule has 1 aliphatic heterocycles. The third-order valence-electron chi connectivity index (χ3n) is 10.5. The second kappa shape index (κ2) is 22.3. The van der Waals surface area contributed by atoms with Gasteiger partial charge in [0.05, 0.1) is 18.7 Å². The van der Waals surface area contributed by atoms with Crippen LogP contribution in [0.2, 0.25) is 0 Å². The van der Waals surface area contributed by atoms with Gasteiger partial charge in [0.25, 0.3) is 0 Å². The average Bonchev–Trinajstić information content (AvgIpc) is 3.52. The van der Waals surface area contributed by atoms with Gasteiger partial charge in [0.1, 0.15) is 36.4 Å². The number of benzene rings is 4. The number of carbonyl (C=O) groups excluding carboxylic acids is 6. The number of ether oxygens (including phenoxy) is 1. The molecular formula is C47H55N7O9. The lowest BCUT2D eigenvalue weighted by Crippen LogP contribution is -2.61. The summed E-state index contributed by atoms with van der Waals surface area (Å²) in [5, 5.41) is 22.4. The van der Waals surface area contributed by atoms with E-state index < -0.39 is 96.5 Å². The summed E-state index contributed by atoms with van der Waals surface area (Å²) in [5.74, 6) is -5.36. The molecule has 1 saturated heterocycles. The Labute approximate surface area is 366 Å². The summed E-state index contributed by atoms with van der Waals surface area (Å²) in [6.07, 6.45) is -0.518. The molecular weight excluding hydrogens is 807 g/mol. The molecule has 63 heavy (non-hydrogen) atoms. The van der Waals surface area contributed by atoms with Crippen LogP contribution < -0.4 is 32.3 Å². The minimum atomic E-state index is -1.34. The average molecular weight is 862 g/mol. The van der Waals surface area contributed by atoms with Gasteiger partial charge in [-0.15, -0.1) is 0 Å². The molecule has 8 N–H and O–H groups in total. The molecule has 16 heteroatoms. The van der Waals surface area contributed by atoms with Gasteiger partial charge in [-0.1, -0.05) is 121 Å². The standard InChI is InChI=1S/C47H55N7O9/c1-30-41(46(62)53-38(27-34-22-14-7-15-23-34)45(61)52-37(44(60)50-29-40(56)57)26-33-20-12-6-13-21-33)54(47(2,3)63-30)39(55)28-49-43(59)36(25-32-18-10-5-11-19-32)51-42(58)35(48)24-31-16-8-4-9-17-31/h4-23,30,35-38,41H,24-29,48H2,1-3H3,(H,49,59)(H,50,60)(H,51,58)(H,52,61)(H,53,62)(H,56,57)/t30-,35+,36+,37+,38+,41+/m1/s1. The molecule has 16 nitrogen and oxygen atoms in total. The Kier molecular flexibility index (Phi) is 16.7. The molecule has 1 aliphatic rings. The van der Waals surface area contributed by atoms with E-state index in [0.717, 1.165) is 11.1 Å². The zero-order chi connectivity index (χ0) is 45.5. The minimum absolute atomic E-state index is 0.00784. The van der Waals surface area contributed by atoms with E-state index in [1.54, 1.807) is 106 Å². The predicted molar refractivity (Wildman–Crippen MR) is 233 cm³/mol. The fraction of sp³-hybridized carbons (Fsp3) is 0.340. The monoisotopic (exact) mass is 861 g/mol. The zero-order valence-corrected chi connectivity index (χ0v) is 35.5. The topological polar surface area (TPSA) is 238 Å². The lowest BCUT2D eigenvalue weighted by atomic mass is 10.0. The van der Waals surface area contributed by atoms with Gasteiger partial charge in [-0.2, -0.15) is 0 Å². The minimum Gasteiger partial charge on any atom is -0.480 e. The van der Waals surface area contributed by atoms with Crippen molar-refractivity contribution in [3.8, 4) is 0 Å². The maximum absolute atomic E-state index is 14.4. The first kappa shape index (κ1) is 47.1. The molecule has 0 radical (unpaired) electrons. The van der Waals surface area contributed by atoms with Crippen molar-refractivity contribution in [3.05, 3.63) is 144 Å². The Bertz CT molecular complexity index is 2190. The Morgan fingerprint density at radius 2 is 0.968 bits per heavy atom. The van der Waals surface area contributed by atoms with Crippen molar-refractivity contribution < 1.29 is 43.4 Å². The van der Waals surface area contributed by atoms with Crippen LogP contribution in [0.1, 0.15) is 43.0 Å². The van der Waals surface area contributed by atoms with Crippen molar-refractivity contribution in [2.75, 3.05) is 13.1 Å². The number of hydrogen-bond acceptors (Lipinski definition) is 9. The van der Waals surface area contributed by atoms with E-state index in [4.69, 9.17) is 10.5 Å². The normalized spacial score (nSPS) is 17.2. The number of amides is 6. The van der Waals surface area contributed by atoms with Gasteiger partial charge < -0.3 is 42.2 Å². The molecule has 0 aromatic heterocycles. The van der Waals surface area contributed by atoms with Crippen LogP contribution in [0, 0.1) is 0 Å². The van der Waals surface area contributed by atoms with Crippen LogP contribution in [0.4, 0.5) is 0 Å². The molecule has 332 valence electrons. The van der Waals surface area contributed by atoms with Crippen molar-refractivity contribution in [2.45, 2.75) is 88.5 Å². The van der Waals surface area contributed by atoms with Crippen LogP contribution in [0.3, 0.4) is 0 Å². The molecule has 4 aromatic carbocycles. The number of carboxylic acids is 1. The highest BCUT2D eigenvalue weighted by Gasteiger charge is 2.51. The quantitative estimate of drug-likeness (QED) is 0.0675. The molecule has 0 saturated carbocycles. The highest BCUT2D eigenvalue weighted by atomic mass is 16.5. The van der Waals surface area contributed by atoms with Crippen molar-refractivity contribution in [2.24, 2.45) is 5.73 Å². The first-order chi connectivity index (χ1) is 30.1. The molecule has 4 aromatic rings. The molecule has 6 atom stereocenters. The number of carboxylic acid groups (broad SMARTS) is 1. The van der Waals surface area contributed by atoms with E-state index in [9.17, 15) is 38.7 Å². The Balaban J connectivity index is 1.32. The summed E-state index contributed by atoms with van der Waals surface area (Å²) in [6, 6.07) is 30.1. The molecule has 5 rings (SSSR count). The van der Waals surface area contributed by atoms with Crippen LogP contribution in [0.25, 0.3) is 0 Å². The number of nitrogens with two attached hydrogens (primary N) is 1. The molecule has 0 unspecified atom stereocenters. The zero-order valence-electron chi connectivity index (χ0n) is 35.5. The number of nitrogens with zero attached hydrogens (tertiary/aromatic N) is 1. The molecule has 0 bridgehead atoms. The van der Waals surface area contributed by atoms with Gasteiger partial charge in [-0.25, -0.2) is 0 Å². The third-order valence-corrected chi connectivity index (χ3v) is 10.5. The van der Waals surface area contributed by atoms with Crippen LogP contribution in [0.15, 0.2) is 121 Å². The highest BCUT2D eigenvalue weighted by Crippen LogP contribution is 2.32. The maximum atomic E-state index is 14.4. The Hall–Kier alpha value is -6.91. The maximum Gasteiger partial charge on any atom is 0.322 e. The fourth-order valence-electron chi connectivity index (χ4n) is 7.51. The van der Waals surface area contributed by atoms with E-state index in [0.29, 0.717) is 11.1 Å². The molecule has 0 aliphatic carbocycles. The first-order valence-corrected chi connectivity index (χ1v) is 20.7. The molecule has 0 spiro atoms. The number of carbonyl (C=O) groups is 7. The van der Waals surface area contributed by atoms with Crippen molar-refractivity contribution >= 4 is 41.4 Å². The van der Waals surface area contributed by atoms with E-state index in [1.165, 1.54) is 4.90 Å². The predicted octanol–water partition coefficient (Wildman–Crippen LogP) is 1.41. The number of aliphatic carboxylic acids is 1. The van der Waals surface area contributed by atoms with Gasteiger partial charge in [0, 0.05) is 19.3 Å². The summed E-state index contributed by atoms with van der Waals surface area (Å²) >= 11 is 0. The third kappa shape index (κ3) is 13.8. The number of nitrogens with one attached hydrogen (secondary N) is 5. The van der Waals surface area contributed by atoms with Gasteiger partial charge in [0.2, 0.25) is 35.4 Å². The van der Waals surface area contributed by atoms with Crippen molar-refractivity contribution in [1.82, 2.24) is 31.5 Å². The highest BCUT2D eigenvalue weighted by molar-refractivity contribution is 5.97. The molecule has 1 heterocycles. The van der Waals surface area contributed by atoms with E-state index in [2.05, 4.69) is 26.6 Å². The number of rotatable bonds is 20. The van der Waals surface area contributed by atoms with Crippen LogP contribution in [-0.2, 0) is 64.0 Å². The van der Waals surface area contributed by atoms with Gasteiger partial charge in [-0.3, -0.25) is 38.5 Å². The smallest absolute Gasteiger partial charge is 0.322 e. The van der Waals surface area contributed by atoms with Crippen molar-refractivity contribution in [1.29, 1.82) is 0 Å². The van der Waals surface area contributed by atoms with Crippen LogP contribution in [0.5, 0.6) is 0 Å². The van der Waals surface area contributed by atoms with Gasteiger partial charge in [-0.05, 0) is 49.4 Å². The fourth-order valence-corrected chi connectivity index (χ4v) is 7.51. The summed E-state index contributed by atoms with van der Waals surface area (Å²) in [4.78, 5) is 95.4. The second-order valence-electron chi connectivity index (χ2n) is 15.9. The summed E-state index contributed by atoms with van der Waals surface area (Å²) in [7, 11) is 0. The molecule has 1 fully saturated rings. The second-order valence-corrected chi connectivity index (χ2v) is 15.9. The Morgan fingerprint density at radius 3 is 1.40 bits per heavy atom. The first-order valence-electron chi connectivity index (χ1n) is 20.7. The number of hydrogen-bond donors (Lipinski definition) is 7. The lowest BCUT2D eigenvalue weighted by molar-refractivity contribution is -0.150. The summed E-state index contributed by atoms with van der Waals surface area (Å²) in [6.45, 7) is 3.56.